The molecule has 160 valence electrons. The van der Waals surface area contributed by atoms with Crippen molar-refractivity contribution in [1.29, 1.82) is 0 Å². The molecule has 1 amide bonds. The number of methoxy groups -OCH3 is 1. The SMILES string of the molecule is CCCCCCCCCCCCCCCCCC(=O)N[C@@H](CS)C(=O)OC. The van der Waals surface area contributed by atoms with Crippen LogP contribution >= 0.6 is 12.6 Å². The number of thiol groups is 1. The first-order valence-corrected chi connectivity index (χ1v) is 11.8. The number of nitrogens with one attached hydrogen (secondary N) is 1. The van der Waals surface area contributed by atoms with Crippen LogP contribution in [0.1, 0.15) is 110 Å². The molecule has 0 aliphatic carbocycles. The molecule has 0 saturated heterocycles. The van der Waals surface area contributed by atoms with E-state index in [0.29, 0.717) is 6.42 Å². The number of carbonyl (C=O) groups excluding carboxylic acids is 2. The van der Waals surface area contributed by atoms with Gasteiger partial charge in [0.25, 0.3) is 0 Å². The quantitative estimate of drug-likeness (QED) is 0.162. The monoisotopic (exact) mass is 401 g/mol. The third kappa shape index (κ3) is 17.1. The summed E-state index contributed by atoms with van der Waals surface area (Å²) in [5, 5.41) is 2.68. The second kappa shape index (κ2) is 20.0. The highest BCUT2D eigenvalue weighted by Gasteiger charge is 2.19. The molecule has 0 aliphatic rings. The molecule has 0 saturated carbocycles. The van der Waals surface area contributed by atoms with Crippen LogP contribution in [0.4, 0.5) is 0 Å². The summed E-state index contributed by atoms with van der Waals surface area (Å²) < 4.78 is 4.63. The highest BCUT2D eigenvalue weighted by molar-refractivity contribution is 7.80. The summed E-state index contributed by atoms with van der Waals surface area (Å²) in [4.78, 5) is 23.2. The number of hydrogen-bond donors (Lipinski definition) is 2. The first-order chi connectivity index (χ1) is 13.2. The molecule has 0 bridgehead atoms. The van der Waals surface area contributed by atoms with Gasteiger partial charge in [0.05, 0.1) is 7.11 Å². The first-order valence-electron chi connectivity index (χ1n) is 11.1. The maximum Gasteiger partial charge on any atom is 0.329 e. The van der Waals surface area contributed by atoms with E-state index in [2.05, 4.69) is 29.6 Å². The molecule has 0 aromatic carbocycles. The summed E-state index contributed by atoms with van der Waals surface area (Å²) in [5.74, 6) is -0.263. The Kier molecular flexibility index (Phi) is 19.5. The predicted octanol–water partition coefficient (Wildman–Crippen LogP) is 5.84. The molecule has 4 nitrogen and oxygen atoms in total. The van der Waals surface area contributed by atoms with Gasteiger partial charge in [-0.2, -0.15) is 12.6 Å². The number of ether oxygens (including phenoxy) is 1. The summed E-state index contributed by atoms with van der Waals surface area (Å²) in [6.07, 6.45) is 20.1. The van der Waals surface area contributed by atoms with Gasteiger partial charge in [-0.15, -0.1) is 0 Å². The van der Waals surface area contributed by atoms with Crippen molar-refractivity contribution < 1.29 is 14.3 Å². The highest BCUT2D eigenvalue weighted by Crippen LogP contribution is 2.13. The van der Waals surface area contributed by atoms with E-state index >= 15 is 0 Å². The number of carbonyl (C=O) groups is 2. The van der Waals surface area contributed by atoms with E-state index in [1.807, 2.05) is 0 Å². The smallest absolute Gasteiger partial charge is 0.329 e. The van der Waals surface area contributed by atoms with Crippen molar-refractivity contribution in [2.75, 3.05) is 12.9 Å². The van der Waals surface area contributed by atoms with Gasteiger partial charge in [0.2, 0.25) is 5.91 Å². The van der Waals surface area contributed by atoms with E-state index in [4.69, 9.17) is 0 Å². The minimum absolute atomic E-state index is 0.0888. The van der Waals surface area contributed by atoms with Crippen LogP contribution in [0.5, 0.6) is 0 Å². The van der Waals surface area contributed by atoms with Crippen LogP contribution in [0, 0.1) is 0 Å². The summed E-state index contributed by atoms with van der Waals surface area (Å²) in [5.41, 5.74) is 0. The molecule has 0 unspecified atom stereocenters. The molecule has 1 atom stereocenters. The molecule has 27 heavy (non-hydrogen) atoms. The van der Waals surface area contributed by atoms with Crippen LogP contribution in [0.3, 0.4) is 0 Å². The maximum absolute atomic E-state index is 11.8. The fourth-order valence-corrected chi connectivity index (χ4v) is 3.49. The van der Waals surface area contributed by atoms with Crippen molar-refractivity contribution in [1.82, 2.24) is 5.32 Å². The number of amides is 1. The average Bonchev–Trinajstić information content (AvgIpc) is 2.68. The van der Waals surface area contributed by atoms with Gasteiger partial charge < -0.3 is 10.1 Å². The third-order valence-electron chi connectivity index (χ3n) is 5.01. The second-order valence-electron chi connectivity index (χ2n) is 7.53. The lowest BCUT2D eigenvalue weighted by molar-refractivity contribution is -0.144. The van der Waals surface area contributed by atoms with Gasteiger partial charge in [0.1, 0.15) is 6.04 Å². The molecule has 0 aromatic rings. The number of unbranched alkanes of at least 4 members (excludes halogenated alkanes) is 14. The molecule has 0 spiro atoms. The van der Waals surface area contributed by atoms with E-state index in [9.17, 15) is 9.59 Å². The predicted molar refractivity (Wildman–Crippen MR) is 117 cm³/mol. The molecular weight excluding hydrogens is 358 g/mol. The third-order valence-corrected chi connectivity index (χ3v) is 5.38. The highest BCUT2D eigenvalue weighted by atomic mass is 32.1. The van der Waals surface area contributed by atoms with E-state index in [0.717, 1.165) is 12.8 Å². The Hall–Kier alpha value is -0.710. The topological polar surface area (TPSA) is 55.4 Å². The maximum atomic E-state index is 11.8. The van der Waals surface area contributed by atoms with Crippen LogP contribution in [0.25, 0.3) is 0 Å². The average molecular weight is 402 g/mol. The van der Waals surface area contributed by atoms with Crippen molar-refractivity contribution in [2.24, 2.45) is 0 Å². The zero-order chi connectivity index (χ0) is 20.2. The fourth-order valence-electron chi connectivity index (χ4n) is 3.24. The Balaban J connectivity index is 3.33. The molecule has 0 heterocycles. The van der Waals surface area contributed by atoms with Crippen molar-refractivity contribution in [3.05, 3.63) is 0 Å². The normalized spacial score (nSPS) is 12.0. The van der Waals surface area contributed by atoms with Crippen molar-refractivity contribution >= 4 is 24.5 Å². The Morgan fingerprint density at radius 1 is 0.778 bits per heavy atom. The van der Waals surface area contributed by atoms with E-state index in [-0.39, 0.29) is 11.7 Å². The zero-order valence-corrected chi connectivity index (χ0v) is 18.7. The first kappa shape index (κ1) is 26.3. The van der Waals surface area contributed by atoms with Crippen LogP contribution in [-0.2, 0) is 14.3 Å². The van der Waals surface area contributed by atoms with Gasteiger partial charge >= 0.3 is 5.97 Å². The summed E-state index contributed by atoms with van der Waals surface area (Å²) in [7, 11) is 1.32. The lowest BCUT2D eigenvalue weighted by atomic mass is 10.0. The fraction of sp³-hybridized carbons (Fsp3) is 0.909. The molecular formula is C22H43NO3S. The van der Waals surface area contributed by atoms with Gasteiger partial charge in [-0.3, -0.25) is 4.79 Å². The summed E-state index contributed by atoms with van der Waals surface area (Å²) >= 11 is 4.07. The van der Waals surface area contributed by atoms with Gasteiger partial charge in [-0.25, -0.2) is 4.79 Å². The largest absolute Gasteiger partial charge is 0.467 e. The van der Waals surface area contributed by atoms with Gasteiger partial charge in [-0.1, -0.05) is 96.8 Å². The molecule has 1 N–H and O–H groups in total. The van der Waals surface area contributed by atoms with Gasteiger partial charge in [0.15, 0.2) is 0 Å². The number of hydrogen-bond acceptors (Lipinski definition) is 4. The molecule has 0 aromatic heterocycles. The van der Waals surface area contributed by atoms with Crippen LogP contribution in [0.15, 0.2) is 0 Å². The Morgan fingerprint density at radius 3 is 1.56 bits per heavy atom. The molecule has 0 rings (SSSR count). The minimum atomic E-state index is -0.637. The standard InChI is InChI=1S/C22H43NO3S/c1-3-4-5-6-7-8-9-10-11-12-13-14-15-16-17-18-21(24)23-20(19-27)22(25)26-2/h20,27H,3-19H2,1-2H3,(H,23,24)/t20-/m0/s1. The van der Waals surface area contributed by atoms with E-state index < -0.39 is 12.0 Å². The number of rotatable bonds is 19. The summed E-state index contributed by atoms with van der Waals surface area (Å²) in [6.45, 7) is 2.27. The lowest BCUT2D eigenvalue weighted by Gasteiger charge is -2.13. The summed E-state index contributed by atoms with van der Waals surface area (Å²) in [6, 6.07) is -0.637. The van der Waals surface area contributed by atoms with Crippen molar-refractivity contribution in [3.63, 3.8) is 0 Å². The van der Waals surface area contributed by atoms with E-state index in [1.165, 1.54) is 90.6 Å². The Morgan fingerprint density at radius 2 is 1.19 bits per heavy atom. The van der Waals surface area contributed by atoms with Gasteiger partial charge in [0, 0.05) is 12.2 Å². The minimum Gasteiger partial charge on any atom is -0.467 e. The molecule has 0 aliphatic heterocycles. The lowest BCUT2D eigenvalue weighted by Crippen LogP contribution is -2.42. The number of esters is 1. The Labute approximate surface area is 173 Å². The molecule has 0 radical (unpaired) electrons. The van der Waals surface area contributed by atoms with Crippen LogP contribution in [0.2, 0.25) is 0 Å². The van der Waals surface area contributed by atoms with Crippen LogP contribution in [-0.4, -0.2) is 30.8 Å². The Bertz CT molecular complexity index is 363. The second-order valence-corrected chi connectivity index (χ2v) is 7.89. The van der Waals surface area contributed by atoms with Crippen molar-refractivity contribution in [2.45, 2.75) is 116 Å². The van der Waals surface area contributed by atoms with E-state index in [1.54, 1.807) is 0 Å². The van der Waals surface area contributed by atoms with Gasteiger partial charge in [-0.05, 0) is 6.42 Å². The molecule has 5 heteroatoms. The van der Waals surface area contributed by atoms with Crippen LogP contribution < -0.4 is 5.32 Å². The molecule has 0 fully saturated rings. The van der Waals surface area contributed by atoms with Crippen molar-refractivity contribution in [3.8, 4) is 0 Å². The zero-order valence-electron chi connectivity index (χ0n) is 17.8.